The van der Waals surface area contributed by atoms with E-state index < -0.39 is 17.6 Å². The van der Waals surface area contributed by atoms with Crippen molar-refractivity contribution in [1.29, 1.82) is 0 Å². The molecule has 9 heteroatoms. The molecule has 1 aliphatic carbocycles. The Kier molecular flexibility index (Phi) is 22.2. The van der Waals surface area contributed by atoms with Crippen LogP contribution in [0.25, 0.3) is 0 Å². The summed E-state index contributed by atoms with van der Waals surface area (Å²) in [7, 11) is 0. The second-order valence-corrected chi connectivity index (χ2v) is 12.4. The van der Waals surface area contributed by atoms with Gasteiger partial charge in [-0.05, 0) is 26.2 Å². The molecule has 0 aromatic carbocycles. The van der Waals surface area contributed by atoms with Crippen molar-refractivity contribution >= 4 is 18.1 Å². The fraction of sp³-hybridized carbons (Fsp3) is 0.771. The van der Waals surface area contributed by atoms with E-state index in [4.69, 9.17) is 9.47 Å². The Morgan fingerprint density at radius 2 is 1.36 bits per heavy atom. The molecule has 1 saturated carbocycles. The predicted molar refractivity (Wildman–Crippen MR) is 170 cm³/mol. The number of aromatic nitrogens is 1. The molecule has 0 atom stereocenters. The maximum Gasteiger partial charge on any atom is 0.417 e. The number of pyridine rings is 1. The Hall–Kier alpha value is -1.91. The van der Waals surface area contributed by atoms with Crippen LogP contribution in [0.2, 0.25) is 0 Å². The molecule has 0 unspecified atom stereocenters. The Labute approximate surface area is 284 Å². The highest BCUT2D eigenvalue weighted by Crippen LogP contribution is 2.39. The van der Waals surface area contributed by atoms with Gasteiger partial charge in [-0.3, -0.25) is 4.79 Å². The molecule has 0 spiro atoms. The molecule has 1 aliphatic rings. The minimum atomic E-state index is -0.660. The number of carbonyl (C=O) groups excluding carboxylic acids is 3. The van der Waals surface area contributed by atoms with E-state index in [9.17, 15) is 14.4 Å². The van der Waals surface area contributed by atoms with Crippen LogP contribution in [0.1, 0.15) is 142 Å². The van der Waals surface area contributed by atoms with Crippen LogP contribution in [0.4, 0.5) is 9.59 Å². The van der Waals surface area contributed by atoms with E-state index in [0.29, 0.717) is 6.54 Å². The summed E-state index contributed by atoms with van der Waals surface area (Å²) < 4.78 is 13.2. The summed E-state index contributed by atoms with van der Waals surface area (Å²) in [5.41, 5.74) is 0.451. The summed E-state index contributed by atoms with van der Waals surface area (Å²) in [6.45, 7) is 7.49. The van der Waals surface area contributed by atoms with Gasteiger partial charge in [-0.1, -0.05) is 109 Å². The van der Waals surface area contributed by atoms with Crippen molar-refractivity contribution in [3.8, 4) is 0 Å². The van der Waals surface area contributed by atoms with Crippen LogP contribution >= 0.6 is 0 Å². The van der Waals surface area contributed by atoms with Crippen LogP contribution in [0.15, 0.2) is 24.4 Å². The van der Waals surface area contributed by atoms with Gasteiger partial charge in [-0.15, -0.1) is 0 Å². The summed E-state index contributed by atoms with van der Waals surface area (Å²) in [6.07, 6.45) is 22.7. The summed E-state index contributed by atoms with van der Waals surface area (Å²) in [5.74, 6) is -0.365. The van der Waals surface area contributed by atoms with Crippen molar-refractivity contribution in [3.63, 3.8) is 0 Å². The predicted octanol–water partition coefficient (Wildman–Crippen LogP) is 5.25. The lowest BCUT2D eigenvalue weighted by Gasteiger charge is -2.29. The first-order valence-electron chi connectivity index (χ1n) is 17.2. The van der Waals surface area contributed by atoms with E-state index >= 15 is 0 Å². The summed E-state index contributed by atoms with van der Waals surface area (Å²) in [4.78, 5) is 38.8. The Balaban J connectivity index is 0.00000968. The molecule has 1 heterocycles. The third-order valence-electron chi connectivity index (χ3n) is 8.77. The van der Waals surface area contributed by atoms with Gasteiger partial charge in [0.25, 0.3) is 0 Å². The first kappa shape index (κ1) is 40.1. The number of halogens is 1. The van der Waals surface area contributed by atoms with Crippen LogP contribution < -0.4 is 33.9 Å². The summed E-state index contributed by atoms with van der Waals surface area (Å²) >= 11 is 0. The number of hydrogen-bond donors (Lipinski definition) is 1. The number of aryl methyl sites for hydroxylation is 1. The number of rotatable bonds is 22. The number of unbranched alkanes of at least 4 members (excludes halogenated alkanes) is 13. The van der Waals surface area contributed by atoms with Crippen molar-refractivity contribution in [2.75, 3.05) is 19.8 Å². The van der Waals surface area contributed by atoms with Gasteiger partial charge >= 0.3 is 12.2 Å². The molecule has 0 saturated heterocycles. The van der Waals surface area contributed by atoms with Crippen LogP contribution in [-0.2, 0) is 27.4 Å². The van der Waals surface area contributed by atoms with Crippen LogP contribution in [-0.4, -0.2) is 42.8 Å². The van der Waals surface area contributed by atoms with E-state index in [1.807, 2.05) is 35.9 Å². The van der Waals surface area contributed by atoms with Gasteiger partial charge in [-0.2, -0.15) is 0 Å². The number of imide groups is 1. The molecule has 0 aliphatic heterocycles. The van der Waals surface area contributed by atoms with Gasteiger partial charge < -0.3 is 38.8 Å². The number of alkyl carbamates (subject to hydrolysis) is 1. The Morgan fingerprint density at radius 3 is 1.91 bits per heavy atom. The Morgan fingerprint density at radius 1 is 0.818 bits per heavy atom. The Bertz CT molecular complexity index is 939. The molecule has 0 bridgehead atoms. The van der Waals surface area contributed by atoms with Gasteiger partial charge in [0.1, 0.15) is 26.3 Å². The van der Waals surface area contributed by atoms with E-state index in [2.05, 4.69) is 12.2 Å². The van der Waals surface area contributed by atoms with Crippen LogP contribution in [0, 0.1) is 5.41 Å². The molecule has 1 aromatic heterocycles. The monoisotopic (exact) mass is 729 g/mol. The van der Waals surface area contributed by atoms with Crippen LogP contribution in [0.5, 0.6) is 0 Å². The number of ether oxygens (including phenoxy) is 2. The first-order valence-corrected chi connectivity index (χ1v) is 17.2. The fourth-order valence-electron chi connectivity index (χ4n) is 5.96. The maximum absolute atomic E-state index is 12.9. The van der Waals surface area contributed by atoms with E-state index in [0.717, 1.165) is 55.7 Å². The van der Waals surface area contributed by atoms with Gasteiger partial charge in [0.15, 0.2) is 6.20 Å². The first-order chi connectivity index (χ1) is 20.9. The SMILES string of the molecule is CCCCCCCCCCCCCCCCNC(=O)OCC1(COC(=O)N(Cc2cccc[n+]2CC)C(C)=O)CCCC1.[I-]. The number of hydrogen-bond acceptors (Lipinski definition) is 5. The largest absolute Gasteiger partial charge is 1.00 e. The van der Waals surface area contributed by atoms with E-state index in [1.54, 1.807) is 0 Å². The second-order valence-electron chi connectivity index (χ2n) is 12.4. The van der Waals surface area contributed by atoms with E-state index in [1.165, 1.54) is 84.0 Å². The van der Waals surface area contributed by atoms with Crippen LogP contribution in [0.3, 0.4) is 0 Å². The zero-order chi connectivity index (χ0) is 31.2. The number of carbonyl (C=O) groups is 3. The molecule has 2 rings (SSSR count). The minimum Gasteiger partial charge on any atom is -1.00 e. The molecule has 44 heavy (non-hydrogen) atoms. The molecule has 3 amide bonds. The third-order valence-corrected chi connectivity index (χ3v) is 8.77. The fourth-order valence-corrected chi connectivity index (χ4v) is 5.96. The zero-order valence-corrected chi connectivity index (χ0v) is 30.0. The minimum absolute atomic E-state index is 0. The lowest BCUT2D eigenvalue weighted by Crippen LogP contribution is -3.00. The molecular weight excluding hydrogens is 669 g/mol. The highest BCUT2D eigenvalue weighted by atomic mass is 127. The number of nitrogens with zero attached hydrogens (tertiary/aromatic N) is 2. The normalized spacial score (nSPS) is 13.6. The highest BCUT2D eigenvalue weighted by molar-refractivity contribution is 5.90. The average Bonchev–Trinajstić information content (AvgIpc) is 3.48. The lowest BCUT2D eigenvalue weighted by atomic mass is 9.88. The van der Waals surface area contributed by atoms with Gasteiger partial charge in [0.05, 0.1) is 0 Å². The number of amides is 3. The second kappa shape index (κ2) is 24.3. The molecular formula is C35H60IN3O5. The van der Waals surface area contributed by atoms with Crippen molar-refractivity contribution in [2.45, 2.75) is 149 Å². The molecule has 1 aromatic rings. The standard InChI is InChI=1S/C35H59N3O5.HI/c1-4-6-7-8-9-10-11-12-13-14-15-16-17-21-26-36-33(40)42-29-35(24-19-20-25-35)30-43-34(41)38(31(3)39)28-32-23-18-22-27-37(32)5-2;/h18,22-23,27H,4-17,19-21,24-26,28-30H2,1-3H3;1H. The lowest BCUT2D eigenvalue weighted by molar-refractivity contribution is -0.701. The van der Waals surface area contributed by atoms with Crippen molar-refractivity contribution in [3.05, 3.63) is 30.1 Å². The average molecular weight is 730 g/mol. The van der Waals surface area contributed by atoms with Gasteiger partial charge in [-0.25, -0.2) is 19.1 Å². The highest BCUT2D eigenvalue weighted by Gasteiger charge is 2.38. The van der Waals surface area contributed by atoms with Crippen molar-refractivity contribution in [1.82, 2.24) is 10.2 Å². The zero-order valence-electron chi connectivity index (χ0n) is 27.9. The smallest absolute Gasteiger partial charge is 0.417 e. The molecule has 1 fully saturated rings. The molecule has 8 nitrogen and oxygen atoms in total. The molecule has 1 N–H and O–H groups in total. The summed E-state index contributed by atoms with van der Waals surface area (Å²) in [6, 6.07) is 5.71. The van der Waals surface area contributed by atoms with Crippen molar-refractivity contribution in [2.24, 2.45) is 5.41 Å². The van der Waals surface area contributed by atoms with Gasteiger partial charge in [0.2, 0.25) is 11.6 Å². The molecule has 0 radical (unpaired) electrons. The van der Waals surface area contributed by atoms with Gasteiger partial charge in [0, 0.05) is 31.0 Å². The maximum atomic E-state index is 12.9. The number of nitrogens with one attached hydrogen (secondary N) is 1. The topological polar surface area (TPSA) is 88.8 Å². The molecule has 252 valence electrons. The van der Waals surface area contributed by atoms with Crippen molar-refractivity contribution < 1.29 is 52.4 Å². The quantitative estimate of drug-likeness (QED) is 0.100. The summed E-state index contributed by atoms with van der Waals surface area (Å²) in [5, 5.41) is 2.88. The third kappa shape index (κ3) is 16.4. The van der Waals surface area contributed by atoms with E-state index in [-0.39, 0.29) is 49.6 Å².